The minimum Gasteiger partial charge on any atom is -0.481 e. The first-order valence-corrected chi connectivity index (χ1v) is 6.65. The number of hydrogen-bond donors (Lipinski definition) is 1. The van der Waals surface area contributed by atoms with Gasteiger partial charge in [0.05, 0.1) is 6.42 Å². The first kappa shape index (κ1) is 16.0. The van der Waals surface area contributed by atoms with E-state index in [2.05, 4.69) is 0 Å². The van der Waals surface area contributed by atoms with Crippen molar-refractivity contribution in [2.24, 2.45) is 0 Å². The fraction of sp³-hybridized carbons (Fsp3) is 0.467. The lowest BCUT2D eigenvalue weighted by Crippen LogP contribution is -2.32. The Hall–Kier alpha value is -2.04. The molecule has 0 atom stereocenters. The highest BCUT2D eigenvalue weighted by Crippen LogP contribution is 2.20. The SMILES string of the molecule is CCN(CCC(=O)O)C(=O)c1ccc(N(C)C)c(C)c1. The molecule has 1 aromatic rings. The molecule has 0 spiro atoms. The Kier molecular flexibility index (Phi) is 5.55. The molecule has 0 heterocycles. The third-order valence-corrected chi connectivity index (χ3v) is 3.19. The molecule has 1 rings (SSSR count). The van der Waals surface area contributed by atoms with Gasteiger partial charge in [-0.05, 0) is 37.6 Å². The highest BCUT2D eigenvalue weighted by atomic mass is 16.4. The van der Waals surface area contributed by atoms with Gasteiger partial charge in [0.2, 0.25) is 0 Å². The predicted octanol–water partition coefficient (Wildman–Crippen LogP) is 2.00. The molecular weight excluding hydrogens is 256 g/mol. The smallest absolute Gasteiger partial charge is 0.305 e. The Morgan fingerprint density at radius 2 is 1.90 bits per heavy atom. The molecule has 0 bridgehead atoms. The lowest BCUT2D eigenvalue weighted by molar-refractivity contribution is -0.137. The quantitative estimate of drug-likeness (QED) is 0.864. The van der Waals surface area contributed by atoms with Crippen molar-refractivity contribution in [3.8, 4) is 0 Å². The van der Waals surface area contributed by atoms with E-state index in [0.29, 0.717) is 12.1 Å². The van der Waals surface area contributed by atoms with Crippen molar-refractivity contribution in [1.29, 1.82) is 0 Å². The zero-order chi connectivity index (χ0) is 15.3. The maximum Gasteiger partial charge on any atom is 0.305 e. The van der Waals surface area contributed by atoms with Gasteiger partial charge in [-0.25, -0.2) is 0 Å². The molecular formula is C15H22N2O3. The number of carboxylic acids is 1. The molecule has 1 amide bonds. The average molecular weight is 278 g/mol. The molecule has 0 radical (unpaired) electrons. The first-order chi connectivity index (χ1) is 9.36. The monoisotopic (exact) mass is 278 g/mol. The Balaban J connectivity index is 2.90. The number of nitrogens with zero attached hydrogens (tertiary/aromatic N) is 2. The number of anilines is 1. The van der Waals surface area contributed by atoms with Crippen LogP contribution in [0.2, 0.25) is 0 Å². The van der Waals surface area contributed by atoms with Crippen molar-refractivity contribution in [3.63, 3.8) is 0 Å². The maximum atomic E-state index is 12.3. The molecule has 0 fully saturated rings. The molecule has 5 nitrogen and oxygen atoms in total. The molecule has 0 unspecified atom stereocenters. The number of amides is 1. The number of aliphatic carboxylic acids is 1. The van der Waals surface area contributed by atoms with Gasteiger partial charge >= 0.3 is 5.97 Å². The first-order valence-electron chi connectivity index (χ1n) is 6.65. The summed E-state index contributed by atoms with van der Waals surface area (Å²) < 4.78 is 0. The van der Waals surface area contributed by atoms with Gasteiger partial charge in [0.25, 0.3) is 5.91 Å². The largest absolute Gasteiger partial charge is 0.481 e. The number of benzene rings is 1. The minimum absolute atomic E-state index is 0.0334. The lowest BCUT2D eigenvalue weighted by Gasteiger charge is -2.21. The third-order valence-electron chi connectivity index (χ3n) is 3.19. The van der Waals surface area contributed by atoms with Crippen LogP contribution in [0.1, 0.15) is 29.3 Å². The van der Waals surface area contributed by atoms with Crippen LogP contribution in [0, 0.1) is 6.92 Å². The highest BCUT2D eigenvalue weighted by molar-refractivity contribution is 5.95. The van der Waals surface area contributed by atoms with Crippen molar-refractivity contribution in [2.45, 2.75) is 20.3 Å². The Labute approximate surface area is 119 Å². The van der Waals surface area contributed by atoms with Crippen LogP contribution in [0.3, 0.4) is 0 Å². The van der Waals surface area contributed by atoms with Crippen LogP contribution < -0.4 is 4.90 Å². The van der Waals surface area contributed by atoms with Crippen molar-refractivity contribution in [3.05, 3.63) is 29.3 Å². The molecule has 20 heavy (non-hydrogen) atoms. The third kappa shape index (κ3) is 3.98. The second kappa shape index (κ2) is 6.93. The van der Waals surface area contributed by atoms with E-state index < -0.39 is 5.97 Å². The standard InChI is InChI=1S/C15H22N2O3/c1-5-17(9-8-14(18)19)15(20)12-6-7-13(16(3)4)11(2)10-12/h6-7,10H,5,8-9H2,1-4H3,(H,18,19). The molecule has 5 heteroatoms. The Morgan fingerprint density at radius 1 is 1.25 bits per heavy atom. The molecule has 0 aliphatic rings. The maximum absolute atomic E-state index is 12.3. The fourth-order valence-electron chi connectivity index (χ4n) is 2.11. The summed E-state index contributed by atoms with van der Waals surface area (Å²) in [5, 5.41) is 8.71. The fourth-order valence-corrected chi connectivity index (χ4v) is 2.11. The second-order valence-corrected chi connectivity index (χ2v) is 4.92. The van der Waals surface area contributed by atoms with E-state index in [4.69, 9.17) is 5.11 Å². The van der Waals surface area contributed by atoms with E-state index in [0.717, 1.165) is 11.3 Å². The zero-order valence-corrected chi connectivity index (χ0v) is 12.5. The predicted molar refractivity (Wildman–Crippen MR) is 79.3 cm³/mol. The van der Waals surface area contributed by atoms with Gasteiger partial charge in [0.15, 0.2) is 0 Å². The summed E-state index contributed by atoms with van der Waals surface area (Å²) in [5.74, 6) is -1.02. The molecule has 0 saturated carbocycles. The number of rotatable bonds is 6. The zero-order valence-electron chi connectivity index (χ0n) is 12.5. The summed E-state index contributed by atoms with van der Waals surface area (Å²) in [5.41, 5.74) is 2.69. The lowest BCUT2D eigenvalue weighted by atomic mass is 10.1. The highest BCUT2D eigenvalue weighted by Gasteiger charge is 2.16. The van der Waals surface area contributed by atoms with E-state index in [1.807, 2.05) is 45.0 Å². The van der Waals surface area contributed by atoms with Gasteiger partial charge in [0, 0.05) is 38.4 Å². The summed E-state index contributed by atoms with van der Waals surface area (Å²) in [6.07, 6.45) is -0.0334. The van der Waals surface area contributed by atoms with Gasteiger partial charge < -0.3 is 14.9 Å². The van der Waals surface area contributed by atoms with Crippen molar-refractivity contribution < 1.29 is 14.7 Å². The number of carbonyl (C=O) groups is 2. The summed E-state index contributed by atoms with van der Waals surface area (Å²) in [6, 6.07) is 5.54. The molecule has 1 aromatic carbocycles. The second-order valence-electron chi connectivity index (χ2n) is 4.92. The van der Waals surface area contributed by atoms with E-state index in [9.17, 15) is 9.59 Å². The summed E-state index contributed by atoms with van der Waals surface area (Å²) in [6.45, 7) is 4.54. The van der Waals surface area contributed by atoms with Gasteiger partial charge in [0.1, 0.15) is 0 Å². The van der Waals surface area contributed by atoms with Crippen LogP contribution in [0.15, 0.2) is 18.2 Å². The molecule has 0 saturated heterocycles. The van der Waals surface area contributed by atoms with Gasteiger partial charge in [-0.2, -0.15) is 0 Å². The normalized spacial score (nSPS) is 10.2. The molecule has 0 aliphatic heterocycles. The average Bonchev–Trinajstić information content (AvgIpc) is 2.38. The number of carbonyl (C=O) groups excluding carboxylic acids is 1. The minimum atomic E-state index is -0.893. The number of hydrogen-bond acceptors (Lipinski definition) is 3. The van der Waals surface area contributed by atoms with E-state index in [1.54, 1.807) is 11.0 Å². The summed E-state index contributed by atoms with van der Waals surface area (Å²) in [4.78, 5) is 26.5. The van der Waals surface area contributed by atoms with Crippen molar-refractivity contribution >= 4 is 17.6 Å². The summed E-state index contributed by atoms with van der Waals surface area (Å²) in [7, 11) is 3.91. The van der Waals surface area contributed by atoms with Crippen LogP contribution in [0.5, 0.6) is 0 Å². The van der Waals surface area contributed by atoms with E-state index in [1.165, 1.54) is 0 Å². The van der Waals surface area contributed by atoms with Crippen LogP contribution in [0.25, 0.3) is 0 Å². The van der Waals surface area contributed by atoms with Gasteiger partial charge in [-0.1, -0.05) is 0 Å². The molecule has 0 aliphatic carbocycles. The molecule has 1 N–H and O–H groups in total. The van der Waals surface area contributed by atoms with Crippen molar-refractivity contribution in [2.75, 3.05) is 32.1 Å². The number of aryl methyl sites for hydroxylation is 1. The number of carboxylic acid groups (broad SMARTS) is 1. The summed E-state index contributed by atoms with van der Waals surface area (Å²) >= 11 is 0. The Morgan fingerprint density at radius 3 is 2.35 bits per heavy atom. The van der Waals surface area contributed by atoms with Crippen LogP contribution in [-0.4, -0.2) is 49.1 Å². The van der Waals surface area contributed by atoms with Gasteiger partial charge in [-0.15, -0.1) is 0 Å². The van der Waals surface area contributed by atoms with Crippen LogP contribution in [-0.2, 0) is 4.79 Å². The van der Waals surface area contributed by atoms with E-state index >= 15 is 0 Å². The van der Waals surface area contributed by atoms with E-state index in [-0.39, 0.29) is 18.9 Å². The van der Waals surface area contributed by atoms with Crippen molar-refractivity contribution in [1.82, 2.24) is 4.90 Å². The molecule has 0 aromatic heterocycles. The Bertz CT molecular complexity index is 498. The topological polar surface area (TPSA) is 60.9 Å². The van der Waals surface area contributed by atoms with Crippen LogP contribution >= 0.6 is 0 Å². The molecule has 110 valence electrons. The van der Waals surface area contributed by atoms with Crippen LogP contribution in [0.4, 0.5) is 5.69 Å². The van der Waals surface area contributed by atoms with Gasteiger partial charge in [-0.3, -0.25) is 9.59 Å².